The lowest BCUT2D eigenvalue weighted by atomic mass is 10.4. The molecule has 0 saturated heterocycles. The maximum Gasteiger partial charge on any atom is 0.171 e. The fourth-order valence-corrected chi connectivity index (χ4v) is 1.80. The summed E-state index contributed by atoms with van der Waals surface area (Å²) in [7, 11) is 0. The average molecular weight is 288 g/mol. The number of aryl methyl sites for hydroxylation is 1. The van der Waals surface area contributed by atoms with Crippen LogP contribution in [0.5, 0.6) is 0 Å². The molecular weight excluding hydrogens is 279 g/mol. The predicted octanol–water partition coefficient (Wildman–Crippen LogP) is 2.70. The lowest BCUT2D eigenvalue weighted by Crippen LogP contribution is -2.03. The first kappa shape index (κ1) is 10.6. The molecule has 2 aromatic rings. The molecule has 0 amide bonds. The summed E-state index contributed by atoms with van der Waals surface area (Å²) >= 11 is 9.43. The monoisotopic (exact) mass is 286 g/mol. The fourth-order valence-electron chi connectivity index (χ4n) is 1.29. The maximum atomic E-state index is 6.06. The Morgan fingerprint density at radius 1 is 1.40 bits per heavy atom. The van der Waals surface area contributed by atoms with Gasteiger partial charge in [-0.05, 0) is 29.8 Å². The summed E-state index contributed by atoms with van der Waals surface area (Å²) < 4.78 is 2.48. The highest BCUT2D eigenvalue weighted by Crippen LogP contribution is 2.24. The summed E-state index contributed by atoms with van der Waals surface area (Å²) in [6.07, 6.45) is 3.15. The highest BCUT2D eigenvalue weighted by molar-refractivity contribution is 9.10. The smallest absolute Gasteiger partial charge is 0.171 e. The van der Waals surface area contributed by atoms with Gasteiger partial charge in [-0.2, -0.15) is 5.10 Å². The van der Waals surface area contributed by atoms with Crippen molar-refractivity contribution < 1.29 is 0 Å². The molecule has 0 saturated carbocycles. The van der Waals surface area contributed by atoms with Crippen LogP contribution in [0, 0.1) is 13.8 Å². The molecule has 0 fully saturated rings. The molecule has 0 aliphatic carbocycles. The second-order valence-corrected chi connectivity index (χ2v) is 4.32. The first-order chi connectivity index (χ1) is 7.11. The molecule has 0 aliphatic rings. The van der Waals surface area contributed by atoms with Crippen LogP contribution < -0.4 is 0 Å². The highest BCUT2D eigenvalue weighted by Gasteiger charge is 2.13. The van der Waals surface area contributed by atoms with Crippen LogP contribution in [0.25, 0.3) is 5.82 Å². The van der Waals surface area contributed by atoms with E-state index in [1.165, 1.54) is 6.33 Å². The predicted molar refractivity (Wildman–Crippen MR) is 61.3 cm³/mol. The van der Waals surface area contributed by atoms with E-state index in [1.54, 1.807) is 10.9 Å². The molecule has 2 rings (SSSR count). The summed E-state index contributed by atoms with van der Waals surface area (Å²) in [6, 6.07) is 0. The Labute approximate surface area is 100 Å². The normalized spacial score (nSPS) is 10.7. The molecule has 0 unspecified atom stereocenters. The van der Waals surface area contributed by atoms with Gasteiger partial charge in [-0.15, -0.1) is 0 Å². The van der Waals surface area contributed by atoms with E-state index in [2.05, 4.69) is 31.0 Å². The number of halogens is 2. The second-order valence-electron chi connectivity index (χ2n) is 3.09. The summed E-state index contributed by atoms with van der Waals surface area (Å²) in [4.78, 5) is 8.04. The third kappa shape index (κ3) is 1.77. The number of hydrogen-bond donors (Lipinski definition) is 0. The first-order valence-corrected chi connectivity index (χ1v) is 5.46. The van der Waals surface area contributed by atoms with Gasteiger partial charge in [0.2, 0.25) is 0 Å². The number of hydrogen-bond acceptors (Lipinski definition) is 3. The van der Waals surface area contributed by atoms with Gasteiger partial charge in [0.1, 0.15) is 6.33 Å². The molecule has 78 valence electrons. The van der Waals surface area contributed by atoms with Gasteiger partial charge in [-0.1, -0.05) is 11.6 Å². The standard InChI is InChI=1S/C9H8BrClN4/c1-5-8(11)6(2)15(14-5)9-7(10)3-12-4-13-9/h3-4H,1-2H3. The van der Waals surface area contributed by atoms with Crippen molar-refractivity contribution in [3.8, 4) is 5.82 Å². The molecule has 2 aromatic heterocycles. The molecule has 0 atom stereocenters. The number of nitrogens with zero attached hydrogens (tertiary/aromatic N) is 4. The van der Waals surface area contributed by atoms with Gasteiger partial charge in [0.15, 0.2) is 5.82 Å². The zero-order valence-corrected chi connectivity index (χ0v) is 10.5. The molecule has 0 aliphatic heterocycles. The fraction of sp³-hybridized carbons (Fsp3) is 0.222. The summed E-state index contributed by atoms with van der Waals surface area (Å²) in [5.74, 6) is 0.692. The van der Waals surface area contributed by atoms with E-state index in [0.29, 0.717) is 10.8 Å². The van der Waals surface area contributed by atoms with E-state index in [4.69, 9.17) is 11.6 Å². The van der Waals surface area contributed by atoms with Gasteiger partial charge in [-0.3, -0.25) is 0 Å². The number of aromatic nitrogens is 4. The zero-order valence-electron chi connectivity index (χ0n) is 8.20. The van der Waals surface area contributed by atoms with E-state index in [-0.39, 0.29) is 0 Å². The minimum atomic E-state index is 0.667. The van der Waals surface area contributed by atoms with Crippen LogP contribution in [0.4, 0.5) is 0 Å². The Balaban J connectivity index is 2.65. The van der Waals surface area contributed by atoms with E-state index in [0.717, 1.165) is 15.9 Å². The molecule has 0 radical (unpaired) electrons. The van der Waals surface area contributed by atoms with E-state index in [1.807, 2.05) is 13.8 Å². The van der Waals surface area contributed by atoms with Crippen molar-refractivity contribution >= 4 is 27.5 Å². The highest BCUT2D eigenvalue weighted by atomic mass is 79.9. The molecule has 0 aromatic carbocycles. The Morgan fingerprint density at radius 3 is 2.67 bits per heavy atom. The third-order valence-corrected chi connectivity index (χ3v) is 3.16. The van der Waals surface area contributed by atoms with Crippen molar-refractivity contribution in [2.24, 2.45) is 0 Å². The SMILES string of the molecule is Cc1nn(-c2ncncc2Br)c(C)c1Cl. The lowest BCUT2D eigenvalue weighted by molar-refractivity contribution is 0.795. The molecule has 6 heteroatoms. The van der Waals surface area contributed by atoms with E-state index in [9.17, 15) is 0 Å². The van der Waals surface area contributed by atoms with Gasteiger partial charge in [0, 0.05) is 6.20 Å². The topological polar surface area (TPSA) is 43.6 Å². The minimum absolute atomic E-state index is 0.667. The second kappa shape index (κ2) is 3.90. The van der Waals surface area contributed by atoms with Crippen LogP contribution in [-0.4, -0.2) is 19.7 Å². The maximum absolute atomic E-state index is 6.06. The van der Waals surface area contributed by atoms with Crippen molar-refractivity contribution in [1.82, 2.24) is 19.7 Å². The quantitative estimate of drug-likeness (QED) is 0.810. The van der Waals surface area contributed by atoms with E-state index >= 15 is 0 Å². The Morgan fingerprint density at radius 2 is 2.13 bits per heavy atom. The van der Waals surface area contributed by atoms with Crippen LogP contribution in [0.3, 0.4) is 0 Å². The van der Waals surface area contributed by atoms with Gasteiger partial charge in [-0.25, -0.2) is 14.6 Å². The zero-order chi connectivity index (χ0) is 11.0. The van der Waals surface area contributed by atoms with Gasteiger partial charge in [0.05, 0.1) is 20.9 Å². The van der Waals surface area contributed by atoms with E-state index < -0.39 is 0 Å². The van der Waals surface area contributed by atoms with Crippen LogP contribution in [-0.2, 0) is 0 Å². The number of rotatable bonds is 1. The van der Waals surface area contributed by atoms with Gasteiger partial charge >= 0.3 is 0 Å². The Kier molecular flexibility index (Phi) is 2.75. The van der Waals surface area contributed by atoms with Crippen molar-refractivity contribution in [2.45, 2.75) is 13.8 Å². The largest absolute Gasteiger partial charge is 0.243 e. The van der Waals surface area contributed by atoms with Crippen molar-refractivity contribution in [3.63, 3.8) is 0 Å². The van der Waals surface area contributed by atoms with Crippen LogP contribution in [0.1, 0.15) is 11.4 Å². The van der Waals surface area contributed by atoms with Gasteiger partial charge < -0.3 is 0 Å². The van der Waals surface area contributed by atoms with Crippen molar-refractivity contribution in [2.75, 3.05) is 0 Å². The Hall–Kier alpha value is -0.940. The van der Waals surface area contributed by atoms with Crippen LogP contribution in [0.2, 0.25) is 5.02 Å². The molecule has 0 N–H and O–H groups in total. The molecule has 0 spiro atoms. The molecule has 15 heavy (non-hydrogen) atoms. The molecule has 2 heterocycles. The molecule has 0 bridgehead atoms. The average Bonchev–Trinajstić information content (AvgIpc) is 2.47. The van der Waals surface area contributed by atoms with Gasteiger partial charge in [0.25, 0.3) is 0 Å². The van der Waals surface area contributed by atoms with Crippen LogP contribution >= 0.6 is 27.5 Å². The Bertz CT molecular complexity index is 509. The third-order valence-electron chi connectivity index (χ3n) is 2.05. The molecule has 4 nitrogen and oxygen atoms in total. The first-order valence-electron chi connectivity index (χ1n) is 4.29. The molecular formula is C9H8BrClN4. The lowest BCUT2D eigenvalue weighted by Gasteiger charge is -2.04. The summed E-state index contributed by atoms with van der Waals surface area (Å²) in [5.41, 5.74) is 1.66. The summed E-state index contributed by atoms with van der Waals surface area (Å²) in [6.45, 7) is 3.76. The van der Waals surface area contributed by atoms with Crippen LogP contribution in [0.15, 0.2) is 17.0 Å². The van der Waals surface area contributed by atoms with Crippen molar-refractivity contribution in [1.29, 1.82) is 0 Å². The summed E-state index contributed by atoms with van der Waals surface area (Å²) in [5, 5.41) is 4.97. The minimum Gasteiger partial charge on any atom is -0.243 e. The van der Waals surface area contributed by atoms with Crippen molar-refractivity contribution in [3.05, 3.63) is 33.4 Å².